The van der Waals surface area contributed by atoms with Gasteiger partial charge in [-0.3, -0.25) is 9.02 Å². The fraction of sp³-hybridized carbons (Fsp3) is 0.391. The van der Waals surface area contributed by atoms with Crippen molar-refractivity contribution in [1.82, 2.24) is 10.5 Å². The van der Waals surface area contributed by atoms with Gasteiger partial charge in [0.15, 0.2) is 5.60 Å². The predicted molar refractivity (Wildman–Crippen MR) is 128 cm³/mol. The Morgan fingerprint density at radius 1 is 1.30 bits per heavy atom. The summed E-state index contributed by atoms with van der Waals surface area (Å²) in [6, 6.07) is 5.75. The molecule has 3 rings (SSSR count). The Kier molecular flexibility index (Phi) is 8.78. The highest BCUT2D eigenvalue weighted by Gasteiger charge is 2.61. The Morgan fingerprint density at radius 3 is 2.51 bits per heavy atom. The van der Waals surface area contributed by atoms with Crippen LogP contribution in [0.2, 0.25) is 10.0 Å². The highest BCUT2D eigenvalue weighted by Crippen LogP contribution is 2.46. The van der Waals surface area contributed by atoms with Gasteiger partial charge in [0.1, 0.15) is 11.8 Å². The molecular weight excluding hydrogens is 560 g/mol. The number of carbonyl (C=O) groups is 1. The van der Waals surface area contributed by atoms with Crippen LogP contribution in [0.5, 0.6) is 0 Å². The molecule has 3 unspecified atom stereocenters. The number of benzene rings is 1. The third kappa shape index (κ3) is 7.34. The van der Waals surface area contributed by atoms with Crippen LogP contribution in [0.1, 0.15) is 46.7 Å². The van der Waals surface area contributed by atoms with E-state index >= 15 is 0 Å². The lowest BCUT2D eigenvalue weighted by Gasteiger charge is -2.29. The van der Waals surface area contributed by atoms with Crippen LogP contribution in [0.15, 0.2) is 30.3 Å². The summed E-state index contributed by atoms with van der Waals surface area (Å²) in [5, 5.41) is 0.361. The normalized spacial score (nSPS) is 20.7. The van der Waals surface area contributed by atoms with Gasteiger partial charge in [0.2, 0.25) is 0 Å². The van der Waals surface area contributed by atoms with E-state index in [9.17, 15) is 26.4 Å². The lowest BCUT2D eigenvalue weighted by Crippen LogP contribution is -2.47. The average Bonchev–Trinajstić information content (AvgIpc) is 3.20. The van der Waals surface area contributed by atoms with E-state index in [0.717, 1.165) is 13.4 Å². The Balaban J connectivity index is 1.95. The van der Waals surface area contributed by atoms with E-state index < -0.39 is 52.9 Å². The number of hydrogen-bond acceptors (Lipinski definition) is 8. The monoisotopic (exact) mass is 580 g/mol. The summed E-state index contributed by atoms with van der Waals surface area (Å²) in [5.74, 6) is 4.25. The number of halogens is 5. The molecule has 2 heterocycles. The van der Waals surface area contributed by atoms with Crippen LogP contribution in [-0.4, -0.2) is 50.6 Å². The van der Waals surface area contributed by atoms with E-state index in [0.29, 0.717) is 0 Å². The van der Waals surface area contributed by atoms with Crippen molar-refractivity contribution in [2.45, 2.75) is 43.7 Å². The zero-order valence-corrected chi connectivity index (χ0v) is 22.0. The first kappa shape index (κ1) is 29.2. The SMILES string of the molecule is COC(=O)c1ccc(C2CC(Cc3cc(Cl)cc(Cl)c3)(C(F)(F)F)ON2)nc1C#CC(C)OS(C)(=O)=O. The average molecular weight is 581 g/mol. The van der Waals surface area contributed by atoms with Crippen molar-refractivity contribution in [1.29, 1.82) is 0 Å². The first-order valence-corrected chi connectivity index (χ1v) is 13.1. The molecule has 0 radical (unpaired) electrons. The number of alkyl halides is 3. The van der Waals surface area contributed by atoms with Gasteiger partial charge in [-0.05, 0) is 48.7 Å². The van der Waals surface area contributed by atoms with Gasteiger partial charge < -0.3 is 4.74 Å². The molecule has 1 N–H and O–H groups in total. The first-order valence-electron chi connectivity index (χ1n) is 10.6. The minimum Gasteiger partial charge on any atom is -0.465 e. The number of rotatable bonds is 6. The maximum absolute atomic E-state index is 14.2. The zero-order valence-electron chi connectivity index (χ0n) is 19.7. The first-order chi connectivity index (χ1) is 17.1. The lowest BCUT2D eigenvalue weighted by molar-refractivity contribution is -0.275. The topological polar surface area (TPSA) is 104 Å². The molecule has 14 heteroatoms. The summed E-state index contributed by atoms with van der Waals surface area (Å²) >= 11 is 11.9. The van der Waals surface area contributed by atoms with E-state index in [1.807, 2.05) is 0 Å². The summed E-state index contributed by atoms with van der Waals surface area (Å²) < 4.78 is 74.8. The van der Waals surface area contributed by atoms with Crippen LogP contribution in [0.4, 0.5) is 13.2 Å². The van der Waals surface area contributed by atoms with Gasteiger partial charge in [-0.2, -0.15) is 27.1 Å². The maximum atomic E-state index is 14.2. The van der Waals surface area contributed by atoms with Crippen molar-refractivity contribution in [2.24, 2.45) is 0 Å². The molecule has 3 atom stereocenters. The van der Waals surface area contributed by atoms with E-state index in [1.165, 1.54) is 37.3 Å². The van der Waals surface area contributed by atoms with Crippen molar-refractivity contribution in [3.05, 3.63) is 62.9 Å². The summed E-state index contributed by atoms with van der Waals surface area (Å²) in [6.45, 7) is 1.36. The lowest BCUT2D eigenvalue weighted by atomic mass is 9.87. The molecule has 0 amide bonds. The minimum absolute atomic E-state index is 0.0696. The number of pyridine rings is 1. The molecule has 1 fully saturated rings. The molecule has 1 aliphatic rings. The molecule has 0 bridgehead atoms. The molecular formula is C23H21Cl2F3N2O6S. The number of nitrogens with one attached hydrogen (secondary N) is 1. The number of ether oxygens (including phenoxy) is 1. The molecule has 1 aliphatic heterocycles. The van der Waals surface area contributed by atoms with Crippen LogP contribution >= 0.6 is 23.2 Å². The highest BCUT2D eigenvalue weighted by atomic mass is 35.5. The zero-order chi connectivity index (χ0) is 27.6. The summed E-state index contributed by atoms with van der Waals surface area (Å²) in [7, 11) is -2.67. The molecule has 37 heavy (non-hydrogen) atoms. The largest absolute Gasteiger partial charge is 0.465 e. The molecule has 8 nitrogen and oxygen atoms in total. The van der Waals surface area contributed by atoms with Gasteiger partial charge in [0.25, 0.3) is 10.1 Å². The number of carbonyl (C=O) groups excluding carboxylic acids is 1. The van der Waals surface area contributed by atoms with Crippen molar-refractivity contribution in [3.8, 4) is 11.8 Å². The molecule has 2 aromatic rings. The van der Waals surface area contributed by atoms with Crippen LogP contribution < -0.4 is 5.48 Å². The molecule has 1 saturated heterocycles. The van der Waals surface area contributed by atoms with E-state index in [-0.39, 0.29) is 32.6 Å². The minimum atomic E-state index is -4.78. The third-order valence-electron chi connectivity index (χ3n) is 5.25. The third-order valence-corrected chi connectivity index (χ3v) is 6.33. The Hall–Kier alpha value is -2.40. The maximum Gasteiger partial charge on any atom is 0.419 e. The fourth-order valence-electron chi connectivity index (χ4n) is 3.68. The van der Waals surface area contributed by atoms with Crippen LogP contribution in [0.3, 0.4) is 0 Å². The van der Waals surface area contributed by atoms with Crippen molar-refractivity contribution in [3.63, 3.8) is 0 Å². The number of nitrogens with zero attached hydrogens (tertiary/aromatic N) is 1. The smallest absolute Gasteiger partial charge is 0.419 e. The fourth-order valence-corrected chi connectivity index (χ4v) is 4.82. The second kappa shape index (κ2) is 11.1. The van der Waals surface area contributed by atoms with Crippen molar-refractivity contribution >= 4 is 39.3 Å². The molecule has 0 saturated carbocycles. The highest BCUT2D eigenvalue weighted by molar-refractivity contribution is 7.86. The standard InChI is InChI=1S/C23H21Cl2F3N2O6S/c1-13(35-37(3,32)33)4-6-18-17(21(31)34-2)5-7-19(29-18)20-12-22(36-30-20,23(26,27)28)11-14-8-15(24)10-16(25)9-14/h5,7-10,13,20,30H,11-12H2,1-3H3. The number of hydrogen-bond donors (Lipinski definition) is 1. The van der Waals surface area contributed by atoms with Gasteiger partial charge in [-0.15, -0.1) is 0 Å². The molecule has 0 aliphatic carbocycles. The summed E-state index contributed by atoms with van der Waals surface area (Å²) in [6.07, 6.45) is -6.16. The number of hydroxylamine groups is 1. The van der Waals surface area contributed by atoms with E-state index in [2.05, 4.69) is 22.3 Å². The van der Waals surface area contributed by atoms with Crippen LogP contribution in [0.25, 0.3) is 0 Å². The van der Waals surface area contributed by atoms with Gasteiger partial charge in [0.05, 0.1) is 30.7 Å². The second-order valence-electron chi connectivity index (χ2n) is 8.26. The Morgan fingerprint density at radius 2 is 1.95 bits per heavy atom. The molecule has 1 aromatic heterocycles. The quantitative estimate of drug-likeness (QED) is 0.304. The van der Waals surface area contributed by atoms with Crippen LogP contribution in [-0.2, 0) is 30.3 Å². The van der Waals surface area contributed by atoms with E-state index in [4.69, 9.17) is 37.0 Å². The van der Waals surface area contributed by atoms with Gasteiger partial charge in [-0.1, -0.05) is 29.1 Å². The molecule has 1 aromatic carbocycles. The van der Waals surface area contributed by atoms with Crippen molar-refractivity contribution in [2.75, 3.05) is 13.4 Å². The van der Waals surface area contributed by atoms with Gasteiger partial charge in [-0.25, -0.2) is 9.78 Å². The number of esters is 1. The number of methoxy groups -OCH3 is 1. The van der Waals surface area contributed by atoms with E-state index in [1.54, 1.807) is 0 Å². The molecule has 200 valence electrons. The van der Waals surface area contributed by atoms with Crippen LogP contribution in [0, 0.1) is 11.8 Å². The van der Waals surface area contributed by atoms with Gasteiger partial charge in [0, 0.05) is 22.9 Å². The summed E-state index contributed by atoms with van der Waals surface area (Å²) in [5.41, 5.74) is -0.124. The Bertz CT molecular complexity index is 1340. The van der Waals surface area contributed by atoms with Crippen molar-refractivity contribution < 1.29 is 40.1 Å². The number of aromatic nitrogens is 1. The second-order valence-corrected chi connectivity index (χ2v) is 10.7. The van der Waals surface area contributed by atoms with Gasteiger partial charge >= 0.3 is 12.1 Å². The predicted octanol–water partition coefficient (Wildman–Crippen LogP) is 4.40. The Labute approximate surface area is 221 Å². The summed E-state index contributed by atoms with van der Waals surface area (Å²) in [4.78, 5) is 21.5. The molecule has 0 spiro atoms.